The van der Waals surface area contributed by atoms with Crippen molar-refractivity contribution in [1.82, 2.24) is 9.80 Å². The molecule has 0 radical (unpaired) electrons. The molecule has 0 aromatic heterocycles. The van der Waals surface area contributed by atoms with Crippen molar-refractivity contribution in [1.29, 1.82) is 0 Å². The highest BCUT2D eigenvalue weighted by molar-refractivity contribution is 5.89. The van der Waals surface area contributed by atoms with Crippen LogP contribution in [0.5, 0.6) is 0 Å². The minimum absolute atomic E-state index is 0.00911. The number of halogens is 1. The van der Waals surface area contributed by atoms with Crippen molar-refractivity contribution < 1.29 is 9.18 Å². The van der Waals surface area contributed by atoms with E-state index >= 15 is 0 Å². The summed E-state index contributed by atoms with van der Waals surface area (Å²) in [6, 6.07) is 27.5. The summed E-state index contributed by atoms with van der Waals surface area (Å²) >= 11 is 0. The second-order valence-corrected chi connectivity index (χ2v) is 10.7. The van der Waals surface area contributed by atoms with Crippen molar-refractivity contribution >= 4 is 11.7 Å². The molecule has 3 aromatic rings. The van der Waals surface area contributed by atoms with Crippen molar-refractivity contribution in [3.63, 3.8) is 0 Å². The zero-order valence-electron chi connectivity index (χ0n) is 21.6. The van der Waals surface area contributed by atoms with Gasteiger partial charge in [0.2, 0.25) is 0 Å². The first kappa shape index (κ1) is 25.5. The van der Waals surface area contributed by atoms with Crippen molar-refractivity contribution in [2.75, 3.05) is 31.5 Å². The highest BCUT2D eigenvalue weighted by atomic mass is 19.1. The number of carbonyl (C=O) groups is 1. The second-order valence-electron chi connectivity index (χ2n) is 10.7. The van der Waals surface area contributed by atoms with Gasteiger partial charge in [0.25, 0.3) is 0 Å². The maximum absolute atomic E-state index is 13.4. The number of para-hydroxylation sites is 1. The largest absolute Gasteiger partial charge is 0.322 e. The first-order chi connectivity index (χ1) is 18.1. The third-order valence-corrected chi connectivity index (χ3v) is 8.13. The van der Waals surface area contributed by atoms with Gasteiger partial charge in [-0.1, -0.05) is 60.7 Å². The van der Waals surface area contributed by atoms with Gasteiger partial charge in [-0.15, -0.1) is 0 Å². The van der Waals surface area contributed by atoms with Crippen molar-refractivity contribution in [2.45, 2.75) is 44.6 Å². The number of amides is 2. The van der Waals surface area contributed by atoms with Gasteiger partial charge in [0, 0.05) is 24.8 Å². The minimum atomic E-state index is -0.164. The molecule has 0 saturated carbocycles. The molecule has 37 heavy (non-hydrogen) atoms. The normalized spacial score (nSPS) is 21.1. The van der Waals surface area contributed by atoms with Crippen LogP contribution in [0.25, 0.3) is 0 Å². The number of carbonyl (C=O) groups excluding carboxylic acids is 1. The fraction of sp³-hybridized carbons (Fsp3) is 0.406. The van der Waals surface area contributed by atoms with E-state index in [1.165, 1.54) is 24.0 Å². The van der Waals surface area contributed by atoms with E-state index in [-0.39, 0.29) is 17.9 Å². The molecule has 2 atom stereocenters. The monoisotopic (exact) mass is 499 g/mol. The number of urea groups is 1. The SMILES string of the molecule is O=C(Nc1ccccc1)N1CCC[C@@H](CN2CCC(Cc3ccc(F)cc3)CC2)[C@H]1Cc1ccccc1. The van der Waals surface area contributed by atoms with Crippen LogP contribution in [0.1, 0.15) is 36.8 Å². The maximum Gasteiger partial charge on any atom is 0.322 e. The lowest BCUT2D eigenvalue weighted by Gasteiger charge is -2.44. The topological polar surface area (TPSA) is 35.6 Å². The second kappa shape index (κ2) is 12.4. The molecular formula is C32H38FN3O. The number of nitrogens with one attached hydrogen (secondary N) is 1. The fourth-order valence-corrected chi connectivity index (χ4v) is 6.11. The van der Waals surface area contributed by atoms with Gasteiger partial charge in [0.1, 0.15) is 5.82 Å². The molecule has 1 N–H and O–H groups in total. The van der Waals surface area contributed by atoms with Crippen LogP contribution in [0.3, 0.4) is 0 Å². The molecule has 0 spiro atoms. The Morgan fingerprint density at radius 3 is 2.14 bits per heavy atom. The average molecular weight is 500 g/mol. The molecular weight excluding hydrogens is 461 g/mol. The van der Waals surface area contributed by atoms with Gasteiger partial charge in [-0.25, -0.2) is 9.18 Å². The molecule has 194 valence electrons. The Balaban J connectivity index is 1.23. The van der Waals surface area contributed by atoms with Gasteiger partial charge < -0.3 is 15.1 Å². The molecule has 3 aromatic carbocycles. The third-order valence-electron chi connectivity index (χ3n) is 8.13. The van der Waals surface area contributed by atoms with Crippen molar-refractivity contribution in [2.24, 2.45) is 11.8 Å². The smallest absolute Gasteiger partial charge is 0.321 e. The number of nitrogens with zero attached hydrogens (tertiary/aromatic N) is 2. The third kappa shape index (κ3) is 6.98. The summed E-state index contributed by atoms with van der Waals surface area (Å²) in [5.41, 5.74) is 3.36. The van der Waals surface area contributed by atoms with Crippen LogP contribution in [0.15, 0.2) is 84.9 Å². The van der Waals surface area contributed by atoms with E-state index < -0.39 is 0 Å². The molecule has 2 fully saturated rings. The summed E-state index contributed by atoms with van der Waals surface area (Å²) in [5.74, 6) is 0.938. The zero-order valence-corrected chi connectivity index (χ0v) is 21.6. The lowest BCUT2D eigenvalue weighted by atomic mass is 9.83. The summed E-state index contributed by atoms with van der Waals surface area (Å²) in [4.78, 5) is 18.1. The molecule has 5 rings (SSSR count). The highest BCUT2D eigenvalue weighted by Crippen LogP contribution is 2.30. The first-order valence-electron chi connectivity index (χ1n) is 13.8. The van der Waals surface area contributed by atoms with Crippen LogP contribution < -0.4 is 5.32 Å². The predicted molar refractivity (Wildman–Crippen MR) is 148 cm³/mol. The molecule has 2 saturated heterocycles. The summed E-state index contributed by atoms with van der Waals surface area (Å²) in [6.07, 6.45) is 6.45. The zero-order chi connectivity index (χ0) is 25.5. The van der Waals surface area contributed by atoms with Gasteiger partial charge in [0.15, 0.2) is 0 Å². The molecule has 0 unspecified atom stereocenters. The Morgan fingerprint density at radius 1 is 0.784 bits per heavy atom. The van der Waals surface area contributed by atoms with Gasteiger partial charge in [-0.3, -0.25) is 0 Å². The maximum atomic E-state index is 13.4. The number of likely N-dealkylation sites (tertiary alicyclic amines) is 2. The number of piperidine rings is 2. The van der Waals surface area contributed by atoms with Crippen molar-refractivity contribution in [3.8, 4) is 0 Å². The van der Waals surface area contributed by atoms with Crippen molar-refractivity contribution in [3.05, 3.63) is 102 Å². The van der Waals surface area contributed by atoms with Crippen LogP contribution in [-0.2, 0) is 12.8 Å². The molecule has 2 heterocycles. The van der Waals surface area contributed by atoms with Gasteiger partial charge in [-0.05, 0) is 98.8 Å². The minimum Gasteiger partial charge on any atom is -0.321 e. The van der Waals surface area contributed by atoms with E-state index in [0.717, 1.165) is 57.5 Å². The van der Waals surface area contributed by atoms with E-state index in [1.807, 2.05) is 42.5 Å². The molecule has 0 bridgehead atoms. The number of hydrogen-bond donors (Lipinski definition) is 1. The standard InChI is InChI=1S/C32H38FN3O/c33-29-15-13-26(14-16-29)22-27-17-20-35(21-18-27)24-28-10-7-19-36(31(28)23-25-8-3-1-4-9-25)32(37)34-30-11-5-2-6-12-30/h1-6,8-9,11-16,27-28,31H,7,10,17-24H2,(H,34,37)/t28-,31+/m0/s1. The Hall–Kier alpha value is -3.18. The summed E-state index contributed by atoms with van der Waals surface area (Å²) in [7, 11) is 0. The molecule has 4 nitrogen and oxygen atoms in total. The molecule has 5 heteroatoms. The lowest BCUT2D eigenvalue weighted by Crippen LogP contribution is -2.54. The van der Waals surface area contributed by atoms with Gasteiger partial charge in [0.05, 0.1) is 0 Å². The first-order valence-corrected chi connectivity index (χ1v) is 13.8. The van der Waals surface area contributed by atoms with Crippen LogP contribution in [0.4, 0.5) is 14.9 Å². The fourth-order valence-electron chi connectivity index (χ4n) is 6.11. The number of benzene rings is 3. The van der Waals surface area contributed by atoms with Crippen LogP contribution in [0.2, 0.25) is 0 Å². The summed E-state index contributed by atoms with van der Waals surface area (Å²) in [5, 5.41) is 3.13. The van der Waals surface area contributed by atoms with E-state index in [0.29, 0.717) is 11.8 Å². The summed E-state index contributed by atoms with van der Waals surface area (Å²) < 4.78 is 13.3. The van der Waals surface area contributed by atoms with Crippen LogP contribution in [0, 0.1) is 17.7 Å². The van der Waals surface area contributed by atoms with Crippen LogP contribution in [-0.4, -0.2) is 48.1 Å². The van der Waals surface area contributed by atoms with E-state index in [1.54, 1.807) is 12.1 Å². The van der Waals surface area contributed by atoms with Gasteiger partial charge >= 0.3 is 6.03 Å². The van der Waals surface area contributed by atoms with Crippen LogP contribution >= 0.6 is 0 Å². The predicted octanol–water partition coefficient (Wildman–Crippen LogP) is 6.64. The average Bonchev–Trinajstić information content (AvgIpc) is 2.93. The highest BCUT2D eigenvalue weighted by Gasteiger charge is 2.36. The van der Waals surface area contributed by atoms with Gasteiger partial charge in [-0.2, -0.15) is 0 Å². The Kier molecular flexibility index (Phi) is 8.52. The number of rotatable bonds is 7. The molecule has 2 aliphatic rings. The Labute approximate surface area is 220 Å². The van der Waals surface area contributed by atoms with E-state index in [4.69, 9.17) is 0 Å². The summed E-state index contributed by atoms with van der Waals surface area (Å²) in [6.45, 7) is 4.02. The van der Waals surface area contributed by atoms with E-state index in [9.17, 15) is 9.18 Å². The molecule has 2 aliphatic heterocycles. The lowest BCUT2D eigenvalue weighted by molar-refractivity contribution is 0.0791. The molecule has 2 amide bonds. The van der Waals surface area contributed by atoms with E-state index in [2.05, 4.69) is 45.4 Å². The molecule has 0 aliphatic carbocycles. The number of anilines is 1. The number of hydrogen-bond acceptors (Lipinski definition) is 2. The Morgan fingerprint density at radius 2 is 1.43 bits per heavy atom. The quantitative estimate of drug-likeness (QED) is 0.396. The Bertz CT molecular complexity index is 1110.